The van der Waals surface area contributed by atoms with Crippen LogP contribution in [0, 0.1) is 5.92 Å². The molecule has 0 aromatic carbocycles. The lowest BCUT2D eigenvalue weighted by molar-refractivity contribution is 0.287. The summed E-state index contributed by atoms with van der Waals surface area (Å²) in [5.74, 6) is 2.87. The second kappa shape index (κ2) is 11.3. The van der Waals surface area contributed by atoms with Crippen molar-refractivity contribution in [2.45, 2.75) is 32.6 Å². The van der Waals surface area contributed by atoms with Crippen LogP contribution in [0.3, 0.4) is 0 Å². The van der Waals surface area contributed by atoms with E-state index in [0.29, 0.717) is 5.92 Å². The zero-order chi connectivity index (χ0) is 14.6. The fraction of sp³-hybridized carbons (Fsp3) is 0.933. The van der Waals surface area contributed by atoms with Gasteiger partial charge in [-0.3, -0.25) is 4.99 Å². The molecule has 118 valence electrons. The second-order valence-electron chi connectivity index (χ2n) is 5.69. The minimum atomic E-state index is 0.670. The molecule has 1 aliphatic heterocycles. The quantitative estimate of drug-likeness (QED) is 0.388. The first kappa shape index (κ1) is 17.6. The molecule has 1 rings (SSSR count). The Morgan fingerprint density at radius 1 is 1.25 bits per heavy atom. The van der Waals surface area contributed by atoms with E-state index in [4.69, 9.17) is 0 Å². The molecule has 20 heavy (non-hydrogen) atoms. The van der Waals surface area contributed by atoms with Gasteiger partial charge in [0, 0.05) is 26.7 Å². The summed E-state index contributed by atoms with van der Waals surface area (Å²) in [6.45, 7) is 8.11. The molecule has 1 heterocycles. The van der Waals surface area contributed by atoms with Gasteiger partial charge in [-0.25, -0.2) is 0 Å². The number of hydrogen-bond donors (Lipinski definition) is 2. The van der Waals surface area contributed by atoms with Crippen LogP contribution in [-0.4, -0.2) is 62.6 Å². The van der Waals surface area contributed by atoms with Crippen LogP contribution >= 0.6 is 11.8 Å². The van der Waals surface area contributed by atoms with E-state index >= 15 is 0 Å². The Bertz CT molecular complexity index is 265. The molecule has 1 unspecified atom stereocenters. The first-order chi connectivity index (χ1) is 9.76. The molecule has 0 aromatic rings. The Hall–Kier alpha value is -0.420. The van der Waals surface area contributed by atoms with Crippen LogP contribution < -0.4 is 10.6 Å². The molecule has 4 nitrogen and oxygen atoms in total. The van der Waals surface area contributed by atoms with Crippen LogP contribution in [0.2, 0.25) is 0 Å². The largest absolute Gasteiger partial charge is 0.356 e. The highest BCUT2D eigenvalue weighted by Crippen LogP contribution is 2.09. The lowest BCUT2D eigenvalue weighted by atomic mass is 10.1. The topological polar surface area (TPSA) is 39.7 Å². The highest BCUT2D eigenvalue weighted by Gasteiger charge is 2.14. The molecule has 1 atom stereocenters. The number of unbranched alkanes of at least 4 members (excludes halogenated alkanes) is 1. The normalized spacial score (nSPS) is 18.2. The number of hydrogen-bond acceptors (Lipinski definition) is 3. The lowest BCUT2D eigenvalue weighted by Crippen LogP contribution is -2.41. The van der Waals surface area contributed by atoms with Crippen molar-refractivity contribution in [2.24, 2.45) is 10.9 Å². The molecule has 5 heteroatoms. The fourth-order valence-electron chi connectivity index (χ4n) is 2.54. The number of nitrogens with zero attached hydrogens (tertiary/aromatic N) is 2. The summed E-state index contributed by atoms with van der Waals surface area (Å²) >= 11 is 1.92. The third kappa shape index (κ3) is 8.00. The first-order valence-electron chi connectivity index (χ1n) is 7.92. The summed E-state index contributed by atoms with van der Waals surface area (Å²) < 4.78 is 0. The maximum absolute atomic E-state index is 4.29. The maximum Gasteiger partial charge on any atom is 0.190 e. The predicted molar refractivity (Wildman–Crippen MR) is 91.8 cm³/mol. The average molecular weight is 301 g/mol. The van der Waals surface area contributed by atoms with Crippen LogP contribution in [0.1, 0.15) is 32.6 Å². The molecular formula is C15H32N4S. The van der Waals surface area contributed by atoms with Gasteiger partial charge in [0.2, 0.25) is 0 Å². The van der Waals surface area contributed by atoms with Crippen molar-refractivity contribution in [1.29, 1.82) is 0 Å². The van der Waals surface area contributed by atoms with Crippen molar-refractivity contribution >= 4 is 17.7 Å². The summed E-state index contributed by atoms with van der Waals surface area (Å²) in [7, 11) is 1.85. The van der Waals surface area contributed by atoms with Gasteiger partial charge in [-0.05, 0) is 56.7 Å². The number of rotatable bonds is 9. The Morgan fingerprint density at radius 2 is 2.00 bits per heavy atom. The van der Waals surface area contributed by atoms with Gasteiger partial charge in [0.15, 0.2) is 5.96 Å². The number of nitrogens with one attached hydrogen (secondary N) is 2. The van der Waals surface area contributed by atoms with Crippen molar-refractivity contribution in [2.75, 3.05) is 51.8 Å². The molecule has 0 spiro atoms. The molecule has 0 bridgehead atoms. The number of aliphatic imine (C=N–C) groups is 1. The summed E-state index contributed by atoms with van der Waals surface area (Å²) in [6.07, 6.45) is 7.40. The van der Waals surface area contributed by atoms with E-state index in [2.05, 4.69) is 33.7 Å². The highest BCUT2D eigenvalue weighted by atomic mass is 32.2. The van der Waals surface area contributed by atoms with Crippen LogP contribution in [0.4, 0.5) is 0 Å². The van der Waals surface area contributed by atoms with Gasteiger partial charge in [-0.2, -0.15) is 11.8 Å². The van der Waals surface area contributed by atoms with Crippen molar-refractivity contribution < 1.29 is 0 Å². The summed E-state index contributed by atoms with van der Waals surface area (Å²) in [5.41, 5.74) is 0. The molecule has 0 radical (unpaired) electrons. The zero-order valence-electron chi connectivity index (χ0n) is 13.5. The van der Waals surface area contributed by atoms with E-state index in [9.17, 15) is 0 Å². The highest BCUT2D eigenvalue weighted by molar-refractivity contribution is 7.98. The number of likely N-dealkylation sites (tertiary alicyclic amines) is 1. The van der Waals surface area contributed by atoms with Gasteiger partial charge in [-0.1, -0.05) is 6.92 Å². The lowest BCUT2D eigenvalue weighted by Gasteiger charge is -2.21. The third-order valence-electron chi connectivity index (χ3n) is 3.68. The van der Waals surface area contributed by atoms with Crippen molar-refractivity contribution in [3.63, 3.8) is 0 Å². The number of thioether (sulfide) groups is 1. The van der Waals surface area contributed by atoms with Crippen LogP contribution in [0.15, 0.2) is 4.99 Å². The van der Waals surface area contributed by atoms with Gasteiger partial charge >= 0.3 is 0 Å². The van der Waals surface area contributed by atoms with E-state index in [1.807, 2.05) is 18.8 Å². The molecule has 0 saturated carbocycles. The molecule has 0 amide bonds. The molecule has 1 fully saturated rings. The monoisotopic (exact) mass is 300 g/mol. The third-order valence-corrected chi connectivity index (χ3v) is 4.37. The molecule has 0 aromatic heterocycles. The standard InChI is InChI=1S/C15H32N4S/c1-14(13-19-9-5-6-10-19)12-18-15(16-2)17-8-4-7-11-20-3/h14H,4-13H2,1-3H3,(H2,16,17,18). The van der Waals surface area contributed by atoms with Crippen LogP contribution in [-0.2, 0) is 0 Å². The Kier molecular flexibility index (Phi) is 9.93. The SMILES string of the molecule is CN=C(NCCCCSC)NCC(C)CN1CCCC1. The van der Waals surface area contributed by atoms with Gasteiger partial charge in [-0.15, -0.1) is 0 Å². The van der Waals surface area contributed by atoms with E-state index in [0.717, 1.165) is 19.0 Å². The maximum atomic E-state index is 4.29. The zero-order valence-corrected chi connectivity index (χ0v) is 14.3. The van der Waals surface area contributed by atoms with Crippen molar-refractivity contribution in [3.05, 3.63) is 0 Å². The minimum absolute atomic E-state index is 0.670. The van der Waals surface area contributed by atoms with Crippen molar-refractivity contribution in [3.8, 4) is 0 Å². The van der Waals surface area contributed by atoms with Gasteiger partial charge in [0.1, 0.15) is 0 Å². The Labute approximate surface area is 129 Å². The minimum Gasteiger partial charge on any atom is -0.356 e. The van der Waals surface area contributed by atoms with E-state index in [-0.39, 0.29) is 0 Å². The smallest absolute Gasteiger partial charge is 0.190 e. The van der Waals surface area contributed by atoms with Crippen LogP contribution in [0.5, 0.6) is 0 Å². The second-order valence-corrected chi connectivity index (χ2v) is 6.68. The van der Waals surface area contributed by atoms with Crippen molar-refractivity contribution in [1.82, 2.24) is 15.5 Å². The number of guanidine groups is 1. The molecule has 1 saturated heterocycles. The van der Waals surface area contributed by atoms with Gasteiger partial charge < -0.3 is 15.5 Å². The summed E-state index contributed by atoms with van der Waals surface area (Å²) in [5, 5.41) is 6.83. The predicted octanol–water partition coefficient (Wildman–Crippen LogP) is 2.03. The molecule has 0 aliphatic carbocycles. The Balaban J connectivity index is 2.07. The van der Waals surface area contributed by atoms with Gasteiger partial charge in [0.05, 0.1) is 0 Å². The van der Waals surface area contributed by atoms with Gasteiger partial charge in [0.25, 0.3) is 0 Å². The molecule has 1 aliphatic rings. The average Bonchev–Trinajstić information content (AvgIpc) is 2.94. The fourth-order valence-corrected chi connectivity index (χ4v) is 3.03. The van der Waals surface area contributed by atoms with E-state index < -0.39 is 0 Å². The molecular weight excluding hydrogens is 268 g/mol. The van der Waals surface area contributed by atoms with E-state index in [1.165, 1.54) is 51.1 Å². The molecule has 2 N–H and O–H groups in total. The van der Waals surface area contributed by atoms with Crippen LogP contribution in [0.25, 0.3) is 0 Å². The van der Waals surface area contributed by atoms with E-state index in [1.54, 1.807) is 0 Å². The summed E-state index contributed by atoms with van der Waals surface area (Å²) in [4.78, 5) is 6.86. The first-order valence-corrected chi connectivity index (χ1v) is 9.31. The summed E-state index contributed by atoms with van der Waals surface area (Å²) in [6, 6.07) is 0. The Morgan fingerprint density at radius 3 is 2.65 bits per heavy atom.